The minimum atomic E-state index is -3.46. The second-order valence-electron chi connectivity index (χ2n) is 9.51. The molecule has 0 aromatic carbocycles. The van der Waals surface area contributed by atoms with Gasteiger partial charge in [-0.3, -0.25) is 19.5 Å². The van der Waals surface area contributed by atoms with Crippen LogP contribution in [0.25, 0.3) is 10.6 Å². The predicted octanol–water partition coefficient (Wildman–Crippen LogP) is 3.06. The number of carbonyl (C=O) groups excluding carboxylic acids is 1. The number of carbonyl (C=O) groups is 1. The Labute approximate surface area is 230 Å². The quantitative estimate of drug-likeness (QED) is 0.334. The summed E-state index contributed by atoms with van der Waals surface area (Å²) in [4.78, 5) is 33.4. The van der Waals surface area contributed by atoms with Crippen LogP contribution in [0.2, 0.25) is 0 Å². The topological polar surface area (TPSA) is 139 Å². The molecule has 1 aliphatic heterocycles. The van der Waals surface area contributed by atoms with Gasteiger partial charge < -0.3 is 15.0 Å². The van der Waals surface area contributed by atoms with E-state index < -0.39 is 22.7 Å². The lowest BCUT2D eigenvalue weighted by Gasteiger charge is -2.25. The summed E-state index contributed by atoms with van der Waals surface area (Å²) in [6.45, 7) is 3.46. The van der Waals surface area contributed by atoms with Crippen molar-refractivity contribution in [1.82, 2.24) is 30.2 Å². The van der Waals surface area contributed by atoms with Gasteiger partial charge in [0, 0.05) is 25.5 Å². The summed E-state index contributed by atoms with van der Waals surface area (Å²) in [5.41, 5.74) is 1.47. The summed E-state index contributed by atoms with van der Waals surface area (Å²) in [5.74, 6) is -0.0480. The molecule has 1 saturated carbocycles. The molecule has 2 N–H and O–H groups in total. The Morgan fingerprint density at radius 3 is 2.87 bits per heavy atom. The number of hydrogen-bond acceptors (Lipinski definition) is 10. The Kier molecular flexibility index (Phi) is 8.33. The van der Waals surface area contributed by atoms with Crippen molar-refractivity contribution in [2.45, 2.75) is 37.5 Å². The second-order valence-corrected chi connectivity index (χ2v) is 12.5. The van der Waals surface area contributed by atoms with Crippen molar-refractivity contribution in [3.63, 3.8) is 0 Å². The lowest BCUT2D eigenvalue weighted by atomic mass is 9.95. The molecule has 2 unspecified atom stereocenters. The third kappa shape index (κ3) is 6.68. The van der Waals surface area contributed by atoms with E-state index in [0.29, 0.717) is 66.9 Å². The van der Waals surface area contributed by atoms with Crippen LogP contribution in [-0.4, -0.2) is 77.3 Å². The van der Waals surface area contributed by atoms with Crippen LogP contribution in [0, 0.1) is 5.92 Å². The Bertz CT molecular complexity index is 1420. The number of likely N-dealkylation sites (tertiary alicyclic amines) is 1. The highest BCUT2D eigenvalue weighted by Crippen LogP contribution is 2.33. The fraction of sp³-hybridized carbons (Fsp3) is 0.480. The number of anilines is 1. The predicted molar refractivity (Wildman–Crippen MR) is 145 cm³/mol. The van der Waals surface area contributed by atoms with Crippen LogP contribution in [0.15, 0.2) is 36.9 Å². The van der Waals surface area contributed by atoms with E-state index in [1.165, 1.54) is 23.7 Å². The van der Waals surface area contributed by atoms with Crippen molar-refractivity contribution in [2.75, 3.05) is 37.6 Å². The molecule has 208 valence electrons. The third-order valence-corrected chi connectivity index (χ3v) is 9.54. The first kappa shape index (κ1) is 27.3. The van der Waals surface area contributed by atoms with Gasteiger partial charge in [0.1, 0.15) is 12.4 Å². The number of alkyl halides is 1. The first-order valence-electron chi connectivity index (χ1n) is 12.8. The van der Waals surface area contributed by atoms with E-state index in [4.69, 9.17) is 4.74 Å². The molecule has 2 aliphatic rings. The van der Waals surface area contributed by atoms with Crippen LogP contribution in [0.5, 0.6) is 5.88 Å². The molecule has 4 heterocycles. The van der Waals surface area contributed by atoms with E-state index in [9.17, 15) is 17.6 Å². The summed E-state index contributed by atoms with van der Waals surface area (Å²) in [5, 5.41) is 2.93. The zero-order chi connectivity index (χ0) is 27.4. The largest absolute Gasteiger partial charge is 0.477 e. The molecule has 1 saturated heterocycles. The highest BCUT2D eigenvalue weighted by molar-refractivity contribution is 7.93. The van der Waals surface area contributed by atoms with Gasteiger partial charge in [-0.1, -0.05) is 0 Å². The molecule has 3 aromatic rings. The van der Waals surface area contributed by atoms with Crippen LogP contribution in [0.1, 0.15) is 47.7 Å². The Morgan fingerprint density at radius 1 is 1.26 bits per heavy atom. The van der Waals surface area contributed by atoms with Crippen molar-refractivity contribution < 1.29 is 22.3 Å². The van der Waals surface area contributed by atoms with Crippen LogP contribution < -0.4 is 14.8 Å². The van der Waals surface area contributed by atoms with Gasteiger partial charge in [-0.2, -0.15) is 0 Å². The number of ether oxygens (including phenoxy) is 1. The van der Waals surface area contributed by atoms with E-state index >= 15 is 0 Å². The minimum Gasteiger partial charge on any atom is -0.477 e. The molecule has 14 heteroatoms. The van der Waals surface area contributed by atoms with Crippen LogP contribution in [-0.2, 0) is 10.0 Å². The third-order valence-electron chi connectivity index (χ3n) is 6.65. The number of pyridine rings is 1. The number of amides is 1. The number of nitrogens with one attached hydrogen (secondary N) is 2. The van der Waals surface area contributed by atoms with E-state index in [-0.39, 0.29) is 22.1 Å². The van der Waals surface area contributed by atoms with Crippen molar-refractivity contribution >= 4 is 33.0 Å². The van der Waals surface area contributed by atoms with Gasteiger partial charge in [-0.05, 0) is 50.8 Å². The van der Waals surface area contributed by atoms with Gasteiger partial charge >= 0.3 is 0 Å². The monoisotopic (exact) mass is 575 g/mol. The Hall–Kier alpha value is -3.23. The van der Waals surface area contributed by atoms with Crippen LogP contribution in [0.3, 0.4) is 0 Å². The number of halogens is 1. The zero-order valence-corrected chi connectivity index (χ0v) is 23.0. The maximum Gasteiger partial charge on any atom is 0.280 e. The van der Waals surface area contributed by atoms with Crippen LogP contribution in [0.4, 0.5) is 10.1 Å². The van der Waals surface area contributed by atoms with Gasteiger partial charge in [-0.25, -0.2) is 22.8 Å². The van der Waals surface area contributed by atoms with Gasteiger partial charge in [0.25, 0.3) is 5.91 Å². The first-order chi connectivity index (χ1) is 18.9. The van der Waals surface area contributed by atoms with Gasteiger partial charge in [0.2, 0.25) is 15.9 Å². The molecule has 39 heavy (non-hydrogen) atoms. The van der Waals surface area contributed by atoms with Gasteiger partial charge in [0.05, 0.1) is 46.6 Å². The lowest BCUT2D eigenvalue weighted by molar-refractivity contribution is 0.0919. The summed E-state index contributed by atoms with van der Waals surface area (Å²) < 4.78 is 46.0. The number of thiazole rings is 1. The van der Waals surface area contributed by atoms with E-state index in [0.717, 1.165) is 6.42 Å². The minimum absolute atomic E-state index is 0.0449. The SMILES string of the molecule is CCOc1cncc(-c2cnc(C(=O)NC(c3cc(NS(=O)(=O)C4CC4)ccn3)C3CCN(CCF)C3)s2)n1. The van der Waals surface area contributed by atoms with E-state index in [2.05, 4.69) is 30.0 Å². The van der Waals surface area contributed by atoms with E-state index in [1.807, 2.05) is 11.8 Å². The Morgan fingerprint density at radius 2 is 2.10 bits per heavy atom. The summed E-state index contributed by atoms with van der Waals surface area (Å²) in [7, 11) is -3.46. The molecule has 0 radical (unpaired) electrons. The zero-order valence-electron chi connectivity index (χ0n) is 21.4. The second kappa shape index (κ2) is 11.9. The molecule has 3 aromatic heterocycles. The maximum atomic E-state index is 13.4. The molecule has 0 bridgehead atoms. The molecular weight excluding hydrogens is 545 g/mol. The fourth-order valence-electron chi connectivity index (χ4n) is 4.58. The number of hydrogen-bond donors (Lipinski definition) is 2. The molecule has 2 atom stereocenters. The number of sulfonamides is 1. The first-order valence-corrected chi connectivity index (χ1v) is 15.2. The summed E-state index contributed by atoms with van der Waals surface area (Å²) in [6, 6.07) is 2.72. The van der Waals surface area contributed by atoms with Gasteiger partial charge in [0.15, 0.2) is 5.01 Å². The molecule has 5 rings (SSSR count). The molecule has 1 aliphatic carbocycles. The van der Waals surface area contributed by atoms with Gasteiger partial charge in [-0.15, -0.1) is 11.3 Å². The van der Waals surface area contributed by atoms with E-state index in [1.54, 1.807) is 24.5 Å². The average molecular weight is 576 g/mol. The van der Waals surface area contributed by atoms with Crippen molar-refractivity contribution in [3.05, 3.63) is 47.6 Å². The lowest BCUT2D eigenvalue weighted by Crippen LogP contribution is -2.35. The smallest absolute Gasteiger partial charge is 0.280 e. The molecule has 0 spiro atoms. The standard InChI is InChI=1S/C25H30FN7O4S2/c1-2-37-22-14-27-12-20(30-22)21-13-29-25(38-21)24(34)31-23(16-6-9-33(15-16)10-7-26)19-11-17(5-8-28-19)32-39(35,36)18-3-4-18/h5,8,11-14,16,18,23H,2-4,6-7,9-10,15H2,1H3,(H,28,32)(H,31,34). The maximum absolute atomic E-state index is 13.4. The Balaban J connectivity index is 1.37. The summed E-state index contributed by atoms with van der Waals surface area (Å²) in [6.07, 6.45) is 8.22. The molecule has 11 nitrogen and oxygen atoms in total. The van der Waals surface area contributed by atoms with Crippen molar-refractivity contribution in [1.29, 1.82) is 0 Å². The molecule has 2 fully saturated rings. The number of rotatable bonds is 12. The van der Waals surface area contributed by atoms with Crippen LogP contribution >= 0.6 is 11.3 Å². The average Bonchev–Trinajstić information content (AvgIpc) is 3.50. The summed E-state index contributed by atoms with van der Waals surface area (Å²) >= 11 is 1.18. The highest BCUT2D eigenvalue weighted by Gasteiger charge is 2.36. The number of aromatic nitrogens is 4. The highest BCUT2D eigenvalue weighted by atomic mass is 32.2. The van der Waals surface area contributed by atoms with Crippen molar-refractivity contribution in [2.24, 2.45) is 5.92 Å². The van der Waals surface area contributed by atoms with Crippen molar-refractivity contribution in [3.8, 4) is 16.5 Å². The normalized spacial score (nSPS) is 18.6. The molecule has 1 amide bonds. The number of nitrogens with zero attached hydrogens (tertiary/aromatic N) is 5. The fourth-order valence-corrected chi connectivity index (χ4v) is 6.74. The molecular formula is C25H30FN7O4S2.